The lowest BCUT2D eigenvalue weighted by Crippen LogP contribution is -2.45. The molecule has 0 heterocycles. The molecule has 0 bridgehead atoms. The minimum Gasteiger partial charge on any atom is -0.396 e. The molecule has 0 aromatic carbocycles. The maximum atomic E-state index is 12.4. The van der Waals surface area contributed by atoms with Gasteiger partial charge >= 0.3 is 0 Å². The molecule has 0 radical (unpaired) electrons. The fourth-order valence-corrected chi connectivity index (χ4v) is 7.63. The quantitative estimate of drug-likeness (QED) is 0.0369. The number of amides is 1. The van der Waals surface area contributed by atoms with Gasteiger partial charge in [0, 0.05) is 13.0 Å². The molecule has 0 unspecified atom stereocenters. The molecule has 0 rings (SSSR count). The molecule has 0 spiro atoms. The largest absolute Gasteiger partial charge is 0.396 e. The standard InChI is InChI=1S/C48H95NO4/c1-2-3-4-5-6-7-8-24-27-30-33-36-39-42-47(52)46(45-51)49-48(53)43-40-37-34-31-28-25-22-20-18-16-14-12-10-9-11-13-15-17-19-21-23-26-29-32-35-38-41-44-50/h39,42,46-47,50-52H,2-38,40-41,43-45H2,1H3,(H,49,53)/t46-,47+/m0/s1. The van der Waals surface area contributed by atoms with E-state index < -0.39 is 12.1 Å². The SMILES string of the molecule is CCCCCCCCCCCCCC=C[C@@H](O)[C@H](CO)NC(=O)CCCCCCCCCCCCCCCCCCCCCCCCCCCCCO. The number of unbranched alkanes of at least 4 members (excludes halogenated alkanes) is 37. The lowest BCUT2D eigenvalue weighted by Gasteiger charge is -2.20. The van der Waals surface area contributed by atoms with E-state index in [1.807, 2.05) is 6.08 Å². The Morgan fingerprint density at radius 3 is 1.08 bits per heavy atom. The second-order valence-electron chi connectivity index (χ2n) is 16.6. The topological polar surface area (TPSA) is 89.8 Å². The fourth-order valence-electron chi connectivity index (χ4n) is 7.63. The maximum Gasteiger partial charge on any atom is 0.220 e. The minimum atomic E-state index is -0.836. The number of carbonyl (C=O) groups is 1. The second-order valence-corrected chi connectivity index (χ2v) is 16.6. The first-order valence-electron chi connectivity index (χ1n) is 24.0. The smallest absolute Gasteiger partial charge is 0.220 e. The molecule has 0 aromatic rings. The third-order valence-electron chi connectivity index (χ3n) is 11.3. The molecule has 0 aliphatic carbocycles. The van der Waals surface area contributed by atoms with Gasteiger partial charge in [-0.2, -0.15) is 0 Å². The van der Waals surface area contributed by atoms with Gasteiger partial charge in [0.1, 0.15) is 0 Å². The van der Waals surface area contributed by atoms with Gasteiger partial charge in [0.25, 0.3) is 0 Å². The third-order valence-corrected chi connectivity index (χ3v) is 11.3. The van der Waals surface area contributed by atoms with Crippen LogP contribution in [0.4, 0.5) is 0 Å². The number of allylic oxidation sites excluding steroid dienone is 1. The van der Waals surface area contributed by atoms with Crippen LogP contribution in [0.25, 0.3) is 0 Å². The van der Waals surface area contributed by atoms with E-state index in [2.05, 4.69) is 12.2 Å². The van der Waals surface area contributed by atoms with E-state index in [9.17, 15) is 15.0 Å². The highest BCUT2D eigenvalue weighted by molar-refractivity contribution is 5.76. The Hall–Kier alpha value is -0.910. The normalized spacial score (nSPS) is 12.9. The molecule has 1 amide bonds. The molecule has 2 atom stereocenters. The molecule has 53 heavy (non-hydrogen) atoms. The maximum absolute atomic E-state index is 12.4. The molecule has 5 nitrogen and oxygen atoms in total. The average molecular weight is 750 g/mol. The van der Waals surface area contributed by atoms with Crippen LogP contribution in [0, 0.1) is 0 Å². The van der Waals surface area contributed by atoms with Crippen LogP contribution in [0.1, 0.15) is 264 Å². The van der Waals surface area contributed by atoms with E-state index in [1.54, 1.807) is 6.08 Å². The Balaban J connectivity index is 3.42. The second kappa shape index (κ2) is 45.5. The first-order chi connectivity index (χ1) is 26.2. The predicted octanol–water partition coefficient (Wildman–Crippen LogP) is 14.0. The molecular weight excluding hydrogens is 655 g/mol. The zero-order valence-corrected chi connectivity index (χ0v) is 35.8. The third kappa shape index (κ3) is 42.1. The van der Waals surface area contributed by atoms with E-state index in [4.69, 9.17) is 5.11 Å². The van der Waals surface area contributed by atoms with Crippen LogP contribution in [-0.2, 0) is 4.79 Å². The predicted molar refractivity (Wildman–Crippen MR) is 232 cm³/mol. The number of hydrogen-bond donors (Lipinski definition) is 4. The van der Waals surface area contributed by atoms with Gasteiger partial charge in [-0.3, -0.25) is 4.79 Å². The van der Waals surface area contributed by atoms with Gasteiger partial charge < -0.3 is 20.6 Å². The minimum absolute atomic E-state index is 0.0628. The van der Waals surface area contributed by atoms with E-state index in [1.165, 1.54) is 218 Å². The first-order valence-corrected chi connectivity index (χ1v) is 24.0. The Morgan fingerprint density at radius 1 is 0.453 bits per heavy atom. The number of nitrogens with one attached hydrogen (secondary N) is 1. The average Bonchev–Trinajstić information content (AvgIpc) is 3.16. The first kappa shape index (κ1) is 52.1. The van der Waals surface area contributed by atoms with Crippen molar-refractivity contribution in [2.24, 2.45) is 0 Å². The molecule has 0 fully saturated rings. The highest BCUT2D eigenvalue weighted by Gasteiger charge is 2.18. The van der Waals surface area contributed by atoms with E-state index >= 15 is 0 Å². The molecule has 0 saturated carbocycles. The molecule has 0 aliphatic heterocycles. The number of aliphatic hydroxyl groups is 3. The highest BCUT2D eigenvalue weighted by Crippen LogP contribution is 2.17. The summed E-state index contributed by atoms with van der Waals surface area (Å²) in [5.74, 6) is -0.0628. The Morgan fingerprint density at radius 2 is 0.755 bits per heavy atom. The van der Waals surface area contributed by atoms with Crippen molar-refractivity contribution in [1.82, 2.24) is 5.32 Å². The molecular formula is C48H95NO4. The zero-order chi connectivity index (χ0) is 38.6. The molecule has 316 valence electrons. The van der Waals surface area contributed by atoms with Gasteiger partial charge in [-0.25, -0.2) is 0 Å². The lowest BCUT2D eigenvalue weighted by atomic mass is 10.0. The monoisotopic (exact) mass is 750 g/mol. The Labute approximate surface area is 331 Å². The molecule has 0 aliphatic rings. The van der Waals surface area contributed by atoms with Crippen molar-refractivity contribution in [2.45, 2.75) is 276 Å². The lowest BCUT2D eigenvalue weighted by molar-refractivity contribution is -0.123. The summed E-state index contributed by atoms with van der Waals surface area (Å²) in [6, 6.07) is -0.620. The van der Waals surface area contributed by atoms with Crippen LogP contribution in [0.5, 0.6) is 0 Å². The van der Waals surface area contributed by atoms with Crippen LogP contribution < -0.4 is 5.32 Å². The van der Waals surface area contributed by atoms with Crippen LogP contribution in [0.15, 0.2) is 12.2 Å². The molecule has 0 saturated heterocycles. The summed E-state index contributed by atoms with van der Waals surface area (Å²) >= 11 is 0. The molecule has 5 heteroatoms. The van der Waals surface area contributed by atoms with E-state index in [0.29, 0.717) is 13.0 Å². The van der Waals surface area contributed by atoms with Gasteiger partial charge in [-0.05, 0) is 25.7 Å². The van der Waals surface area contributed by atoms with Crippen LogP contribution >= 0.6 is 0 Å². The number of aliphatic hydroxyl groups excluding tert-OH is 3. The van der Waals surface area contributed by atoms with Crippen molar-refractivity contribution in [3.8, 4) is 0 Å². The summed E-state index contributed by atoms with van der Waals surface area (Å²) in [4.78, 5) is 12.4. The Bertz CT molecular complexity index is 728. The summed E-state index contributed by atoms with van der Waals surface area (Å²) in [6.45, 7) is 2.38. The van der Waals surface area contributed by atoms with Crippen LogP contribution in [-0.4, -0.2) is 46.6 Å². The summed E-state index contributed by atoms with van der Waals surface area (Å²) in [5, 5.41) is 31.8. The number of carbonyl (C=O) groups excluding carboxylic acids is 1. The van der Waals surface area contributed by atoms with Crippen molar-refractivity contribution in [3.05, 3.63) is 12.2 Å². The van der Waals surface area contributed by atoms with Crippen molar-refractivity contribution in [2.75, 3.05) is 13.2 Å². The van der Waals surface area contributed by atoms with Crippen molar-refractivity contribution in [3.63, 3.8) is 0 Å². The van der Waals surface area contributed by atoms with Gasteiger partial charge in [0.05, 0.1) is 18.8 Å². The summed E-state index contributed by atoms with van der Waals surface area (Å²) < 4.78 is 0. The molecule has 4 N–H and O–H groups in total. The fraction of sp³-hybridized carbons (Fsp3) is 0.938. The van der Waals surface area contributed by atoms with Crippen molar-refractivity contribution < 1.29 is 20.1 Å². The van der Waals surface area contributed by atoms with E-state index in [0.717, 1.165) is 32.1 Å². The summed E-state index contributed by atoms with van der Waals surface area (Å²) in [6.07, 6.45) is 54.9. The Kier molecular flexibility index (Phi) is 44.7. The number of rotatable bonds is 45. The van der Waals surface area contributed by atoms with Crippen LogP contribution in [0.3, 0.4) is 0 Å². The number of hydrogen-bond acceptors (Lipinski definition) is 4. The highest BCUT2D eigenvalue weighted by atomic mass is 16.3. The summed E-state index contributed by atoms with van der Waals surface area (Å²) in [7, 11) is 0. The van der Waals surface area contributed by atoms with E-state index in [-0.39, 0.29) is 12.5 Å². The van der Waals surface area contributed by atoms with Gasteiger partial charge in [-0.15, -0.1) is 0 Å². The van der Waals surface area contributed by atoms with Gasteiger partial charge in [0.15, 0.2) is 0 Å². The van der Waals surface area contributed by atoms with Crippen LogP contribution in [0.2, 0.25) is 0 Å². The van der Waals surface area contributed by atoms with Gasteiger partial charge in [0.2, 0.25) is 5.91 Å². The van der Waals surface area contributed by atoms with Crippen molar-refractivity contribution in [1.29, 1.82) is 0 Å². The zero-order valence-electron chi connectivity index (χ0n) is 35.8. The summed E-state index contributed by atoms with van der Waals surface area (Å²) in [5.41, 5.74) is 0. The van der Waals surface area contributed by atoms with Crippen molar-refractivity contribution >= 4 is 5.91 Å². The van der Waals surface area contributed by atoms with Gasteiger partial charge in [-0.1, -0.05) is 244 Å². The molecule has 0 aromatic heterocycles.